The van der Waals surface area contributed by atoms with Gasteiger partial charge in [0, 0.05) is 10.6 Å². The summed E-state index contributed by atoms with van der Waals surface area (Å²) in [6.07, 6.45) is 0. The van der Waals surface area contributed by atoms with Gasteiger partial charge in [-0.05, 0) is 49.2 Å². The number of halogens is 1. The number of aryl methyl sites for hydroxylation is 2. The van der Waals surface area contributed by atoms with Crippen molar-refractivity contribution in [3.05, 3.63) is 63.7 Å². The predicted molar refractivity (Wildman–Crippen MR) is 77.4 cm³/mol. The Morgan fingerprint density at radius 1 is 1.05 bits per heavy atom. The topological polar surface area (TPSA) is 26.3 Å². The lowest BCUT2D eigenvalue weighted by molar-refractivity contribution is 0.103. The van der Waals surface area contributed by atoms with Crippen LogP contribution in [0.2, 0.25) is 5.02 Å². The molecular formula is C16H15ClO2. The van der Waals surface area contributed by atoms with Crippen molar-refractivity contribution in [1.82, 2.24) is 0 Å². The summed E-state index contributed by atoms with van der Waals surface area (Å²) in [5.41, 5.74) is 3.44. The molecule has 0 saturated carbocycles. The summed E-state index contributed by atoms with van der Waals surface area (Å²) in [7, 11) is 1.53. The highest BCUT2D eigenvalue weighted by atomic mass is 35.5. The Morgan fingerprint density at radius 2 is 1.79 bits per heavy atom. The van der Waals surface area contributed by atoms with E-state index in [0.29, 0.717) is 21.9 Å². The summed E-state index contributed by atoms with van der Waals surface area (Å²) in [6, 6.07) is 10.7. The van der Waals surface area contributed by atoms with Crippen LogP contribution in [0.25, 0.3) is 0 Å². The minimum atomic E-state index is -0.0587. The average Bonchev–Trinajstić information content (AvgIpc) is 2.41. The first-order chi connectivity index (χ1) is 9.02. The molecule has 0 amide bonds. The van der Waals surface area contributed by atoms with E-state index >= 15 is 0 Å². The van der Waals surface area contributed by atoms with E-state index in [0.717, 1.165) is 5.56 Å². The van der Waals surface area contributed by atoms with Crippen LogP contribution in [-0.4, -0.2) is 12.9 Å². The predicted octanol–water partition coefficient (Wildman–Crippen LogP) is 4.20. The van der Waals surface area contributed by atoms with Gasteiger partial charge in [-0.25, -0.2) is 0 Å². The minimum absolute atomic E-state index is 0.0587. The fourth-order valence-electron chi connectivity index (χ4n) is 1.89. The summed E-state index contributed by atoms with van der Waals surface area (Å²) >= 11 is 5.90. The van der Waals surface area contributed by atoms with Crippen LogP contribution in [0.5, 0.6) is 5.75 Å². The molecule has 0 heterocycles. The maximum atomic E-state index is 12.5. The van der Waals surface area contributed by atoms with Gasteiger partial charge < -0.3 is 4.74 Å². The number of ether oxygens (including phenoxy) is 1. The molecule has 98 valence electrons. The summed E-state index contributed by atoms with van der Waals surface area (Å²) in [6.45, 7) is 4.01. The largest absolute Gasteiger partial charge is 0.496 e. The van der Waals surface area contributed by atoms with Crippen LogP contribution < -0.4 is 4.74 Å². The third-order valence-electron chi connectivity index (χ3n) is 3.18. The molecule has 0 atom stereocenters. The second-order valence-corrected chi connectivity index (χ2v) is 4.91. The number of benzene rings is 2. The number of hydrogen-bond acceptors (Lipinski definition) is 2. The number of hydrogen-bond donors (Lipinski definition) is 0. The molecule has 0 saturated heterocycles. The molecule has 0 N–H and O–H groups in total. The first kappa shape index (κ1) is 13.6. The van der Waals surface area contributed by atoms with Crippen LogP contribution in [0.3, 0.4) is 0 Å². The van der Waals surface area contributed by atoms with Gasteiger partial charge in [0.1, 0.15) is 5.75 Å². The highest BCUT2D eigenvalue weighted by molar-refractivity contribution is 6.31. The molecule has 2 rings (SSSR count). The summed E-state index contributed by atoms with van der Waals surface area (Å²) in [5, 5.41) is 0.550. The lowest BCUT2D eigenvalue weighted by Crippen LogP contribution is -2.04. The monoisotopic (exact) mass is 274 g/mol. The van der Waals surface area contributed by atoms with E-state index in [1.54, 1.807) is 18.2 Å². The molecule has 0 spiro atoms. The van der Waals surface area contributed by atoms with Crippen LogP contribution in [0, 0.1) is 13.8 Å². The molecule has 2 aromatic rings. The zero-order valence-electron chi connectivity index (χ0n) is 11.2. The molecule has 0 unspecified atom stereocenters. The van der Waals surface area contributed by atoms with Gasteiger partial charge in [0.25, 0.3) is 0 Å². The van der Waals surface area contributed by atoms with Crippen LogP contribution in [-0.2, 0) is 0 Å². The molecule has 0 aliphatic rings. The Balaban J connectivity index is 2.46. The maximum Gasteiger partial charge on any atom is 0.196 e. The summed E-state index contributed by atoms with van der Waals surface area (Å²) in [4.78, 5) is 12.5. The van der Waals surface area contributed by atoms with E-state index in [-0.39, 0.29) is 5.78 Å². The summed E-state index contributed by atoms with van der Waals surface area (Å²) < 4.78 is 5.22. The molecule has 3 heteroatoms. The number of rotatable bonds is 3. The van der Waals surface area contributed by atoms with E-state index < -0.39 is 0 Å². The molecule has 0 aromatic heterocycles. The fraction of sp³-hybridized carbons (Fsp3) is 0.188. The van der Waals surface area contributed by atoms with Crippen LogP contribution >= 0.6 is 11.6 Å². The average molecular weight is 275 g/mol. The van der Waals surface area contributed by atoms with Crippen molar-refractivity contribution >= 4 is 17.4 Å². The van der Waals surface area contributed by atoms with Crippen molar-refractivity contribution in [2.45, 2.75) is 13.8 Å². The van der Waals surface area contributed by atoms with E-state index in [2.05, 4.69) is 0 Å². The van der Waals surface area contributed by atoms with Crippen molar-refractivity contribution in [1.29, 1.82) is 0 Å². The van der Waals surface area contributed by atoms with Gasteiger partial charge in [0.2, 0.25) is 0 Å². The van der Waals surface area contributed by atoms with Crippen LogP contribution in [0.1, 0.15) is 27.0 Å². The molecular weight excluding hydrogens is 260 g/mol. The quantitative estimate of drug-likeness (QED) is 0.784. The second-order valence-electron chi connectivity index (χ2n) is 4.47. The number of carbonyl (C=O) groups excluding carboxylic acids is 1. The Morgan fingerprint density at radius 3 is 2.42 bits per heavy atom. The molecule has 19 heavy (non-hydrogen) atoms. The third-order valence-corrected chi connectivity index (χ3v) is 3.41. The zero-order valence-corrected chi connectivity index (χ0v) is 11.9. The number of ketones is 1. The van der Waals surface area contributed by atoms with E-state index in [9.17, 15) is 4.79 Å². The van der Waals surface area contributed by atoms with Gasteiger partial charge in [0.05, 0.1) is 12.7 Å². The van der Waals surface area contributed by atoms with Gasteiger partial charge in [-0.15, -0.1) is 0 Å². The van der Waals surface area contributed by atoms with Gasteiger partial charge in [0.15, 0.2) is 5.78 Å². The van der Waals surface area contributed by atoms with Crippen molar-refractivity contribution in [3.8, 4) is 5.75 Å². The Hall–Kier alpha value is -1.80. The molecule has 2 aromatic carbocycles. The van der Waals surface area contributed by atoms with Gasteiger partial charge >= 0.3 is 0 Å². The standard InChI is InChI=1S/C16H15ClO2/c1-10-4-5-12(8-11(10)2)16(18)14-7-6-13(17)9-15(14)19-3/h4-9H,1-3H3. The summed E-state index contributed by atoms with van der Waals surface area (Å²) in [5.74, 6) is 0.437. The normalized spacial score (nSPS) is 10.3. The van der Waals surface area contributed by atoms with Crippen molar-refractivity contribution in [3.63, 3.8) is 0 Å². The first-order valence-corrected chi connectivity index (χ1v) is 6.36. The van der Waals surface area contributed by atoms with E-state index in [4.69, 9.17) is 16.3 Å². The highest BCUT2D eigenvalue weighted by Gasteiger charge is 2.15. The minimum Gasteiger partial charge on any atom is -0.496 e. The molecule has 2 nitrogen and oxygen atoms in total. The zero-order chi connectivity index (χ0) is 14.0. The second kappa shape index (κ2) is 5.45. The van der Waals surface area contributed by atoms with Crippen molar-refractivity contribution in [2.24, 2.45) is 0 Å². The Labute approximate surface area is 118 Å². The molecule has 0 fully saturated rings. The maximum absolute atomic E-state index is 12.5. The van der Waals surface area contributed by atoms with Crippen LogP contribution in [0.15, 0.2) is 36.4 Å². The molecule has 0 aliphatic heterocycles. The number of carbonyl (C=O) groups is 1. The van der Waals surface area contributed by atoms with Crippen LogP contribution in [0.4, 0.5) is 0 Å². The highest BCUT2D eigenvalue weighted by Crippen LogP contribution is 2.26. The molecule has 0 radical (unpaired) electrons. The Bertz CT molecular complexity index is 633. The lowest BCUT2D eigenvalue weighted by Gasteiger charge is -2.09. The number of methoxy groups -OCH3 is 1. The van der Waals surface area contributed by atoms with E-state index in [1.807, 2.05) is 32.0 Å². The lowest BCUT2D eigenvalue weighted by atomic mass is 9.99. The first-order valence-electron chi connectivity index (χ1n) is 5.98. The van der Waals surface area contributed by atoms with Crippen molar-refractivity contribution < 1.29 is 9.53 Å². The fourth-order valence-corrected chi connectivity index (χ4v) is 2.05. The van der Waals surface area contributed by atoms with Gasteiger partial charge in [-0.2, -0.15) is 0 Å². The smallest absolute Gasteiger partial charge is 0.196 e. The SMILES string of the molecule is COc1cc(Cl)ccc1C(=O)c1ccc(C)c(C)c1. The van der Waals surface area contributed by atoms with Gasteiger partial charge in [-0.1, -0.05) is 23.7 Å². The molecule has 0 aliphatic carbocycles. The van der Waals surface area contributed by atoms with Crippen molar-refractivity contribution in [2.75, 3.05) is 7.11 Å². The van der Waals surface area contributed by atoms with E-state index in [1.165, 1.54) is 12.7 Å². The Kier molecular flexibility index (Phi) is 3.91. The van der Waals surface area contributed by atoms with Gasteiger partial charge in [-0.3, -0.25) is 4.79 Å². The third kappa shape index (κ3) is 2.79. The molecule has 0 bridgehead atoms.